The molecule has 43 heavy (non-hydrogen) atoms. The van der Waals surface area contributed by atoms with E-state index in [0.29, 0.717) is 0 Å². The molecule has 4 aromatic carbocycles. The zero-order valence-corrected chi connectivity index (χ0v) is 26.1. The van der Waals surface area contributed by atoms with Gasteiger partial charge in [-0.3, -0.25) is 13.9 Å². The summed E-state index contributed by atoms with van der Waals surface area (Å²) in [6.07, 6.45) is 0.245. The molecule has 0 spiro atoms. The van der Waals surface area contributed by atoms with Crippen molar-refractivity contribution >= 4 is 39.1 Å². The molecule has 0 aliphatic rings. The zero-order valence-electron chi connectivity index (χ0n) is 24.5. The standard InChI is InChI=1S/C34H36ClN3O4S/c1-25(2)36-34(40)32(22-27-15-6-4-7-16-27)37(23-28-17-11-10-14-26(28)3)33(39)24-38(31-21-13-12-20-30(31)35)43(41,42)29-18-8-5-9-19-29/h4-21,25,32H,22-24H2,1-3H3,(H,36,40)/t32-/m1/s1. The number of rotatable bonds is 12. The average Bonchev–Trinajstić information content (AvgIpc) is 2.99. The van der Waals surface area contributed by atoms with Crippen molar-refractivity contribution in [1.82, 2.24) is 10.2 Å². The summed E-state index contributed by atoms with van der Waals surface area (Å²) < 4.78 is 29.1. The van der Waals surface area contributed by atoms with Crippen LogP contribution in [0.4, 0.5) is 5.69 Å². The van der Waals surface area contributed by atoms with Crippen LogP contribution in [0.25, 0.3) is 0 Å². The Kier molecular flexibility index (Phi) is 10.6. The lowest BCUT2D eigenvalue weighted by molar-refractivity contribution is -0.140. The second-order valence-electron chi connectivity index (χ2n) is 10.6. The molecule has 9 heteroatoms. The molecule has 1 N–H and O–H groups in total. The minimum absolute atomic E-state index is 0.0200. The monoisotopic (exact) mass is 617 g/mol. The van der Waals surface area contributed by atoms with E-state index < -0.39 is 28.5 Å². The van der Waals surface area contributed by atoms with Gasteiger partial charge < -0.3 is 10.2 Å². The number of sulfonamides is 1. The fourth-order valence-electron chi connectivity index (χ4n) is 4.79. The first-order valence-electron chi connectivity index (χ1n) is 14.1. The Labute approximate surface area is 259 Å². The molecule has 0 bridgehead atoms. The van der Waals surface area contributed by atoms with Crippen LogP contribution in [-0.4, -0.2) is 43.8 Å². The van der Waals surface area contributed by atoms with Gasteiger partial charge in [-0.15, -0.1) is 0 Å². The number of amides is 2. The molecule has 0 saturated heterocycles. The highest BCUT2D eigenvalue weighted by Gasteiger charge is 2.35. The maximum Gasteiger partial charge on any atom is 0.264 e. The summed E-state index contributed by atoms with van der Waals surface area (Å²) in [7, 11) is -4.21. The zero-order chi connectivity index (χ0) is 31.0. The molecule has 2 amide bonds. The quantitative estimate of drug-likeness (QED) is 0.211. The highest BCUT2D eigenvalue weighted by atomic mass is 35.5. The van der Waals surface area contributed by atoms with Crippen molar-refractivity contribution in [2.45, 2.75) is 50.7 Å². The fourth-order valence-corrected chi connectivity index (χ4v) is 6.53. The van der Waals surface area contributed by atoms with Crippen LogP contribution in [0.1, 0.15) is 30.5 Å². The molecule has 0 aromatic heterocycles. The minimum Gasteiger partial charge on any atom is -0.352 e. The smallest absolute Gasteiger partial charge is 0.264 e. The van der Waals surface area contributed by atoms with Crippen LogP contribution in [-0.2, 0) is 32.6 Å². The third-order valence-electron chi connectivity index (χ3n) is 7.04. The third-order valence-corrected chi connectivity index (χ3v) is 9.13. The molecule has 0 heterocycles. The molecule has 0 radical (unpaired) electrons. The number of hydrogen-bond acceptors (Lipinski definition) is 4. The summed E-state index contributed by atoms with van der Waals surface area (Å²) in [5.74, 6) is -0.862. The van der Waals surface area contributed by atoms with Crippen molar-refractivity contribution < 1.29 is 18.0 Å². The molecule has 4 rings (SSSR count). The van der Waals surface area contributed by atoms with Crippen LogP contribution in [0, 0.1) is 6.92 Å². The van der Waals surface area contributed by atoms with Crippen LogP contribution >= 0.6 is 11.6 Å². The number of nitrogens with zero attached hydrogens (tertiary/aromatic N) is 2. The normalized spacial score (nSPS) is 12.0. The molecule has 7 nitrogen and oxygen atoms in total. The topological polar surface area (TPSA) is 86.8 Å². The van der Waals surface area contributed by atoms with E-state index in [-0.39, 0.29) is 40.5 Å². The molecule has 0 aliphatic heterocycles. The molecular weight excluding hydrogens is 582 g/mol. The number of hydrogen-bond donors (Lipinski definition) is 1. The van der Waals surface area contributed by atoms with Gasteiger partial charge in [-0.2, -0.15) is 0 Å². The van der Waals surface area contributed by atoms with Gasteiger partial charge in [-0.1, -0.05) is 96.5 Å². The number of carbonyl (C=O) groups is 2. The first-order chi connectivity index (χ1) is 20.6. The summed E-state index contributed by atoms with van der Waals surface area (Å²) in [6, 6.07) is 30.4. The van der Waals surface area contributed by atoms with Gasteiger partial charge in [-0.05, 0) is 61.7 Å². The van der Waals surface area contributed by atoms with Crippen molar-refractivity contribution in [2.24, 2.45) is 0 Å². The second-order valence-corrected chi connectivity index (χ2v) is 12.9. The summed E-state index contributed by atoms with van der Waals surface area (Å²) in [6.45, 7) is 5.20. The van der Waals surface area contributed by atoms with E-state index in [2.05, 4.69) is 5.32 Å². The van der Waals surface area contributed by atoms with Crippen molar-refractivity contribution in [3.63, 3.8) is 0 Å². The van der Waals surface area contributed by atoms with E-state index in [0.717, 1.165) is 21.0 Å². The first kappa shape index (κ1) is 31.8. The van der Waals surface area contributed by atoms with E-state index >= 15 is 0 Å². The number of para-hydroxylation sites is 1. The van der Waals surface area contributed by atoms with Gasteiger partial charge in [0.2, 0.25) is 11.8 Å². The summed E-state index contributed by atoms with van der Waals surface area (Å²) in [5.41, 5.74) is 2.83. The number of carbonyl (C=O) groups excluding carboxylic acids is 2. The highest BCUT2D eigenvalue weighted by molar-refractivity contribution is 7.92. The fraction of sp³-hybridized carbons (Fsp3) is 0.235. The predicted octanol–water partition coefficient (Wildman–Crippen LogP) is 6.01. The number of benzene rings is 4. The van der Waals surface area contributed by atoms with Gasteiger partial charge in [0.25, 0.3) is 10.0 Å². The second kappa shape index (κ2) is 14.4. The average molecular weight is 618 g/mol. The molecular formula is C34H36ClN3O4S. The molecule has 4 aromatic rings. The van der Waals surface area contributed by atoms with Crippen molar-refractivity contribution in [3.8, 4) is 0 Å². The predicted molar refractivity (Wildman–Crippen MR) is 171 cm³/mol. The highest BCUT2D eigenvalue weighted by Crippen LogP contribution is 2.31. The number of halogens is 1. The molecule has 0 saturated carbocycles. The Balaban J connectivity index is 1.82. The first-order valence-corrected chi connectivity index (χ1v) is 15.9. The molecule has 224 valence electrons. The Bertz CT molecular complexity index is 1650. The number of aryl methyl sites for hydroxylation is 1. The van der Waals surface area contributed by atoms with Crippen molar-refractivity contribution in [2.75, 3.05) is 10.8 Å². The Hall–Kier alpha value is -4.14. The van der Waals surface area contributed by atoms with E-state index in [9.17, 15) is 18.0 Å². The third kappa shape index (κ3) is 8.03. The lowest BCUT2D eigenvalue weighted by Crippen LogP contribution is -2.54. The van der Waals surface area contributed by atoms with Gasteiger partial charge in [0, 0.05) is 19.0 Å². The number of anilines is 1. The van der Waals surface area contributed by atoms with Crippen LogP contribution in [0.15, 0.2) is 114 Å². The number of nitrogens with one attached hydrogen (secondary N) is 1. The molecule has 0 aliphatic carbocycles. The SMILES string of the molecule is Cc1ccccc1CN(C(=O)CN(c1ccccc1Cl)S(=O)(=O)c1ccccc1)[C@H](Cc1ccccc1)C(=O)NC(C)C. The summed E-state index contributed by atoms with van der Waals surface area (Å²) in [5, 5.41) is 3.14. The van der Waals surface area contributed by atoms with E-state index in [4.69, 9.17) is 11.6 Å². The van der Waals surface area contributed by atoms with Crippen LogP contribution in [0.2, 0.25) is 5.02 Å². The van der Waals surface area contributed by atoms with Gasteiger partial charge in [0.05, 0.1) is 15.6 Å². The van der Waals surface area contributed by atoms with E-state index in [1.54, 1.807) is 42.5 Å². The minimum atomic E-state index is -4.21. The van der Waals surface area contributed by atoms with Crippen LogP contribution in [0.3, 0.4) is 0 Å². The van der Waals surface area contributed by atoms with Gasteiger partial charge >= 0.3 is 0 Å². The maximum absolute atomic E-state index is 14.5. The van der Waals surface area contributed by atoms with Gasteiger partial charge in [0.15, 0.2) is 0 Å². The van der Waals surface area contributed by atoms with E-state index in [1.807, 2.05) is 75.4 Å². The lowest BCUT2D eigenvalue weighted by atomic mass is 10.0. The maximum atomic E-state index is 14.5. The van der Waals surface area contributed by atoms with Crippen LogP contribution < -0.4 is 9.62 Å². The lowest BCUT2D eigenvalue weighted by Gasteiger charge is -2.34. The Morgan fingerprint density at radius 3 is 2.02 bits per heavy atom. The molecule has 1 atom stereocenters. The van der Waals surface area contributed by atoms with E-state index in [1.165, 1.54) is 17.0 Å². The van der Waals surface area contributed by atoms with Crippen molar-refractivity contribution in [1.29, 1.82) is 0 Å². The molecule has 0 unspecified atom stereocenters. The Morgan fingerprint density at radius 2 is 1.40 bits per heavy atom. The van der Waals surface area contributed by atoms with Crippen molar-refractivity contribution in [3.05, 3.63) is 131 Å². The largest absolute Gasteiger partial charge is 0.352 e. The summed E-state index contributed by atoms with van der Waals surface area (Å²) in [4.78, 5) is 29.7. The Morgan fingerprint density at radius 1 is 0.814 bits per heavy atom. The van der Waals surface area contributed by atoms with Gasteiger partial charge in [0.1, 0.15) is 12.6 Å². The summed E-state index contributed by atoms with van der Waals surface area (Å²) >= 11 is 6.51. The van der Waals surface area contributed by atoms with Crippen LogP contribution in [0.5, 0.6) is 0 Å². The van der Waals surface area contributed by atoms with Gasteiger partial charge in [-0.25, -0.2) is 8.42 Å². The molecule has 0 fully saturated rings.